The second kappa shape index (κ2) is 4.96. The molecule has 1 aromatic carbocycles. The first-order valence-electron chi connectivity index (χ1n) is 3.68. The molecule has 1 aromatic rings. The summed E-state index contributed by atoms with van der Waals surface area (Å²) in [6, 6.07) is 6.89. The Morgan fingerprint density at radius 2 is 2.15 bits per heavy atom. The Kier molecular flexibility index (Phi) is 3.88. The van der Waals surface area contributed by atoms with Crippen molar-refractivity contribution >= 4 is 40.5 Å². The van der Waals surface area contributed by atoms with E-state index in [9.17, 15) is 9.59 Å². The van der Waals surface area contributed by atoms with Gasteiger partial charge in [0.1, 0.15) is 0 Å². The normalized spacial score (nSPS) is 9.31. The zero-order chi connectivity index (χ0) is 9.68. The first kappa shape index (κ1) is 10.2. The number of carbonyl (C=O) groups excluding carboxylic acids is 2. The molecular weight excluding hydrogens is 281 g/mol. The zero-order valence-corrected chi connectivity index (χ0v) is 8.95. The third-order valence-corrected chi connectivity index (χ3v) is 2.18. The number of aldehydes is 1. The number of rotatable bonds is 3. The summed E-state index contributed by atoms with van der Waals surface area (Å²) in [4.78, 5) is 21.6. The number of halogens is 1. The first-order chi connectivity index (χ1) is 6.27. The molecule has 13 heavy (non-hydrogen) atoms. The monoisotopic (exact) mass is 289 g/mol. The highest BCUT2D eigenvalue weighted by molar-refractivity contribution is 14.1. The van der Waals surface area contributed by atoms with Gasteiger partial charge in [-0.25, -0.2) is 0 Å². The predicted octanol–water partition coefficient (Wildman–Crippen LogP) is 1.87. The van der Waals surface area contributed by atoms with E-state index in [-0.39, 0.29) is 5.91 Å². The van der Waals surface area contributed by atoms with Gasteiger partial charge in [-0.2, -0.15) is 0 Å². The van der Waals surface area contributed by atoms with Crippen LogP contribution in [0.1, 0.15) is 10.4 Å². The van der Waals surface area contributed by atoms with Gasteiger partial charge < -0.3 is 5.32 Å². The van der Waals surface area contributed by atoms with Crippen LogP contribution in [-0.2, 0) is 4.79 Å². The highest BCUT2D eigenvalue weighted by Gasteiger charge is 2.03. The Balaban J connectivity index is 2.87. The molecule has 68 valence electrons. The second-order valence-corrected chi connectivity index (χ2v) is 3.15. The van der Waals surface area contributed by atoms with Crippen molar-refractivity contribution in [3.63, 3.8) is 0 Å². The van der Waals surface area contributed by atoms with Gasteiger partial charge in [0.05, 0.1) is 10.1 Å². The minimum atomic E-state index is -0.102. The second-order valence-electron chi connectivity index (χ2n) is 2.39. The van der Waals surface area contributed by atoms with Crippen LogP contribution in [0, 0.1) is 0 Å². The molecule has 0 saturated heterocycles. The van der Waals surface area contributed by atoms with Gasteiger partial charge in [-0.1, -0.05) is 34.7 Å². The van der Waals surface area contributed by atoms with Gasteiger partial charge in [0.25, 0.3) is 0 Å². The van der Waals surface area contributed by atoms with E-state index in [1.807, 2.05) is 22.6 Å². The third-order valence-electron chi connectivity index (χ3n) is 1.48. The minimum absolute atomic E-state index is 0.102. The van der Waals surface area contributed by atoms with E-state index >= 15 is 0 Å². The van der Waals surface area contributed by atoms with E-state index in [0.29, 0.717) is 15.7 Å². The molecule has 4 heteroatoms. The maximum absolute atomic E-state index is 11.0. The summed E-state index contributed by atoms with van der Waals surface area (Å²) >= 11 is 1.96. The van der Waals surface area contributed by atoms with Crippen molar-refractivity contribution in [2.24, 2.45) is 0 Å². The van der Waals surface area contributed by atoms with Gasteiger partial charge in [0.15, 0.2) is 6.29 Å². The van der Waals surface area contributed by atoms with Crippen LogP contribution in [0.15, 0.2) is 24.3 Å². The summed E-state index contributed by atoms with van der Waals surface area (Å²) in [5.74, 6) is -0.102. The van der Waals surface area contributed by atoms with E-state index in [0.717, 1.165) is 6.29 Å². The fraction of sp³-hybridized carbons (Fsp3) is 0.111. The quantitative estimate of drug-likeness (QED) is 0.524. The van der Waals surface area contributed by atoms with Crippen LogP contribution in [0.5, 0.6) is 0 Å². The molecule has 0 atom stereocenters. The van der Waals surface area contributed by atoms with Crippen molar-refractivity contribution < 1.29 is 9.59 Å². The predicted molar refractivity (Wildman–Crippen MR) is 59.3 cm³/mol. The molecule has 1 rings (SSSR count). The van der Waals surface area contributed by atoms with E-state index in [4.69, 9.17) is 0 Å². The average Bonchev–Trinajstić information content (AvgIpc) is 2.18. The molecule has 0 unspecified atom stereocenters. The topological polar surface area (TPSA) is 46.2 Å². The van der Waals surface area contributed by atoms with Crippen LogP contribution in [0.3, 0.4) is 0 Å². The first-order valence-corrected chi connectivity index (χ1v) is 5.20. The van der Waals surface area contributed by atoms with E-state index in [1.54, 1.807) is 24.3 Å². The highest BCUT2D eigenvalue weighted by Crippen LogP contribution is 2.12. The SMILES string of the molecule is O=Cc1ccccc1NC(=O)CI. The maximum atomic E-state index is 11.0. The number of benzene rings is 1. The number of carbonyl (C=O) groups is 2. The fourth-order valence-corrected chi connectivity index (χ4v) is 1.09. The average molecular weight is 289 g/mol. The van der Waals surface area contributed by atoms with Crippen LogP contribution in [0.2, 0.25) is 0 Å². The Hall–Kier alpha value is -0.910. The van der Waals surface area contributed by atoms with Crippen molar-refractivity contribution in [1.29, 1.82) is 0 Å². The van der Waals surface area contributed by atoms with E-state index in [1.165, 1.54) is 0 Å². The van der Waals surface area contributed by atoms with Gasteiger partial charge in [0, 0.05) is 5.56 Å². The van der Waals surface area contributed by atoms with Crippen molar-refractivity contribution in [1.82, 2.24) is 0 Å². The zero-order valence-electron chi connectivity index (χ0n) is 6.79. The molecule has 0 heterocycles. The summed E-state index contributed by atoms with van der Waals surface area (Å²) in [6.45, 7) is 0. The summed E-state index contributed by atoms with van der Waals surface area (Å²) in [5.41, 5.74) is 1.07. The number of anilines is 1. The Labute approximate surface area is 89.7 Å². The number of para-hydroxylation sites is 1. The van der Waals surface area contributed by atoms with E-state index < -0.39 is 0 Å². The summed E-state index contributed by atoms with van der Waals surface area (Å²) < 4.78 is 0.380. The molecule has 3 nitrogen and oxygen atoms in total. The van der Waals surface area contributed by atoms with Crippen LogP contribution in [0.4, 0.5) is 5.69 Å². The Bertz CT molecular complexity index is 325. The van der Waals surface area contributed by atoms with Crippen LogP contribution in [0.25, 0.3) is 0 Å². The molecule has 0 aliphatic carbocycles. The van der Waals surface area contributed by atoms with Crippen molar-refractivity contribution in [3.05, 3.63) is 29.8 Å². The van der Waals surface area contributed by atoms with Crippen molar-refractivity contribution in [3.8, 4) is 0 Å². The van der Waals surface area contributed by atoms with Gasteiger partial charge in [-0.3, -0.25) is 9.59 Å². The lowest BCUT2D eigenvalue weighted by molar-refractivity contribution is -0.113. The molecule has 1 N–H and O–H groups in total. The molecule has 0 aliphatic heterocycles. The summed E-state index contributed by atoms with van der Waals surface area (Å²) in [6.07, 6.45) is 0.725. The Morgan fingerprint density at radius 3 is 2.77 bits per heavy atom. The molecular formula is C9H8INO2. The van der Waals surface area contributed by atoms with E-state index in [2.05, 4.69) is 5.32 Å². The van der Waals surface area contributed by atoms with Crippen LogP contribution >= 0.6 is 22.6 Å². The molecule has 0 spiro atoms. The maximum Gasteiger partial charge on any atom is 0.234 e. The molecule has 0 saturated carbocycles. The van der Waals surface area contributed by atoms with Gasteiger partial charge in [-0.15, -0.1) is 0 Å². The number of hydrogen-bond acceptors (Lipinski definition) is 2. The third kappa shape index (κ3) is 2.80. The molecule has 1 amide bonds. The number of amides is 1. The number of hydrogen-bond donors (Lipinski definition) is 1. The summed E-state index contributed by atoms with van der Waals surface area (Å²) in [7, 11) is 0. The summed E-state index contributed by atoms with van der Waals surface area (Å²) in [5, 5.41) is 2.63. The molecule has 0 fully saturated rings. The van der Waals surface area contributed by atoms with Crippen LogP contribution < -0.4 is 5.32 Å². The number of alkyl halides is 1. The number of nitrogens with one attached hydrogen (secondary N) is 1. The Morgan fingerprint density at radius 1 is 1.46 bits per heavy atom. The van der Waals surface area contributed by atoms with Crippen LogP contribution in [-0.4, -0.2) is 16.6 Å². The molecule has 0 aromatic heterocycles. The smallest absolute Gasteiger partial charge is 0.234 e. The lowest BCUT2D eigenvalue weighted by atomic mass is 10.2. The highest BCUT2D eigenvalue weighted by atomic mass is 127. The van der Waals surface area contributed by atoms with Gasteiger partial charge >= 0.3 is 0 Å². The molecule has 0 aliphatic rings. The van der Waals surface area contributed by atoms with Crippen molar-refractivity contribution in [2.45, 2.75) is 0 Å². The standard InChI is InChI=1S/C9H8INO2/c10-5-9(13)11-8-4-2-1-3-7(8)6-12/h1-4,6H,5H2,(H,11,13). The van der Waals surface area contributed by atoms with Gasteiger partial charge in [-0.05, 0) is 12.1 Å². The largest absolute Gasteiger partial charge is 0.325 e. The van der Waals surface area contributed by atoms with Gasteiger partial charge in [0.2, 0.25) is 5.91 Å². The molecule has 0 bridgehead atoms. The lowest BCUT2D eigenvalue weighted by Crippen LogP contribution is -2.13. The minimum Gasteiger partial charge on any atom is -0.325 e. The lowest BCUT2D eigenvalue weighted by Gasteiger charge is -2.04. The fourth-order valence-electron chi connectivity index (χ4n) is 0.897. The van der Waals surface area contributed by atoms with Crippen molar-refractivity contribution in [2.75, 3.05) is 9.74 Å². The molecule has 0 radical (unpaired) electrons.